The monoisotopic (exact) mass is 317 g/mol. The highest BCUT2D eigenvalue weighted by atomic mass is 15.1. The van der Waals surface area contributed by atoms with E-state index in [1.807, 2.05) is 42.7 Å². The van der Waals surface area contributed by atoms with Gasteiger partial charge in [0.1, 0.15) is 0 Å². The van der Waals surface area contributed by atoms with Gasteiger partial charge in [-0.15, -0.1) is 0 Å². The Hall–Kier alpha value is -2.95. The van der Waals surface area contributed by atoms with Gasteiger partial charge in [-0.1, -0.05) is 26.0 Å². The van der Waals surface area contributed by atoms with Crippen LogP contribution in [0.3, 0.4) is 0 Å². The summed E-state index contributed by atoms with van der Waals surface area (Å²) >= 11 is 0. The lowest BCUT2D eigenvalue weighted by Crippen LogP contribution is -2.11. The summed E-state index contributed by atoms with van der Waals surface area (Å²) in [4.78, 5) is 13.6. The molecule has 5 nitrogen and oxygen atoms in total. The first-order valence-corrected chi connectivity index (χ1v) is 8.14. The number of pyridine rings is 1. The van der Waals surface area contributed by atoms with Crippen LogP contribution in [0.4, 0.5) is 5.82 Å². The Kier molecular flexibility index (Phi) is 3.61. The molecule has 0 saturated heterocycles. The van der Waals surface area contributed by atoms with Gasteiger partial charge >= 0.3 is 0 Å². The summed E-state index contributed by atoms with van der Waals surface area (Å²) in [5.41, 5.74) is 4.88. The molecule has 1 N–H and O–H groups in total. The van der Waals surface area contributed by atoms with Crippen molar-refractivity contribution >= 4 is 22.5 Å². The molecule has 0 aliphatic rings. The number of hydrogen-bond acceptors (Lipinski definition) is 4. The Balaban J connectivity index is 2.00. The minimum absolute atomic E-state index is 0.533. The zero-order valence-corrected chi connectivity index (χ0v) is 13.8. The van der Waals surface area contributed by atoms with Crippen LogP contribution in [0.2, 0.25) is 0 Å². The molecule has 0 fully saturated rings. The third kappa shape index (κ3) is 2.48. The van der Waals surface area contributed by atoms with E-state index in [9.17, 15) is 0 Å². The number of nitrogens with one attached hydrogen (secondary N) is 1. The molecule has 5 heteroatoms. The summed E-state index contributed by atoms with van der Waals surface area (Å²) in [5, 5.41) is 3.43. The molecule has 0 unspecified atom stereocenters. The second-order valence-electron chi connectivity index (χ2n) is 6.27. The van der Waals surface area contributed by atoms with E-state index < -0.39 is 0 Å². The molecule has 4 rings (SSSR count). The van der Waals surface area contributed by atoms with Gasteiger partial charge in [0.25, 0.3) is 0 Å². The first-order valence-electron chi connectivity index (χ1n) is 8.14. The van der Waals surface area contributed by atoms with Gasteiger partial charge in [0, 0.05) is 24.5 Å². The molecule has 0 radical (unpaired) electrons. The van der Waals surface area contributed by atoms with Crippen LogP contribution in [0.15, 0.2) is 55.0 Å². The fourth-order valence-corrected chi connectivity index (χ4v) is 2.82. The molecule has 0 amide bonds. The van der Waals surface area contributed by atoms with E-state index in [1.54, 1.807) is 6.20 Å². The number of rotatable bonds is 4. The summed E-state index contributed by atoms with van der Waals surface area (Å²) < 4.78 is 2.15. The molecule has 0 aliphatic carbocycles. The zero-order valence-electron chi connectivity index (χ0n) is 13.8. The van der Waals surface area contributed by atoms with Crippen LogP contribution >= 0.6 is 0 Å². The van der Waals surface area contributed by atoms with E-state index >= 15 is 0 Å². The molecular formula is C19H19N5. The number of aromatic nitrogens is 4. The minimum Gasteiger partial charge on any atom is -0.367 e. The molecule has 0 aliphatic heterocycles. The van der Waals surface area contributed by atoms with Crippen LogP contribution in [0.25, 0.3) is 27.9 Å². The van der Waals surface area contributed by atoms with Crippen molar-refractivity contribution in [3.63, 3.8) is 0 Å². The summed E-state index contributed by atoms with van der Waals surface area (Å²) in [7, 11) is 0. The van der Waals surface area contributed by atoms with Gasteiger partial charge in [0.2, 0.25) is 0 Å². The Bertz CT molecular complexity index is 989. The number of anilines is 1. The molecule has 24 heavy (non-hydrogen) atoms. The van der Waals surface area contributed by atoms with Crippen molar-refractivity contribution in [1.82, 2.24) is 19.4 Å². The van der Waals surface area contributed by atoms with Crippen molar-refractivity contribution in [3.8, 4) is 11.3 Å². The molecule has 0 atom stereocenters. The fraction of sp³-hybridized carbons (Fsp3) is 0.211. The number of hydrogen-bond donors (Lipinski definition) is 1. The molecular weight excluding hydrogens is 298 g/mol. The first-order chi connectivity index (χ1) is 11.7. The van der Waals surface area contributed by atoms with Gasteiger partial charge in [-0.05, 0) is 30.2 Å². The summed E-state index contributed by atoms with van der Waals surface area (Å²) in [6, 6.07) is 12.1. The summed E-state index contributed by atoms with van der Waals surface area (Å²) in [5.74, 6) is 1.35. The lowest BCUT2D eigenvalue weighted by molar-refractivity contribution is 0.687. The van der Waals surface area contributed by atoms with E-state index in [0.29, 0.717) is 5.92 Å². The second-order valence-corrected chi connectivity index (χ2v) is 6.27. The van der Waals surface area contributed by atoms with E-state index in [4.69, 9.17) is 4.98 Å². The van der Waals surface area contributed by atoms with Gasteiger partial charge in [-0.3, -0.25) is 9.38 Å². The quantitative estimate of drug-likeness (QED) is 0.618. The number of benzene rings is 1. The highest BCUT2D eigenvalue weighted by molar-refractivity contribution is 5.86. The number of nitrogens with zero attached hydrogens (tertiary/aromatic N) is 4. The average Bonchev–Trinajstić information content (AvgIpc) is 3.06. The standard InChI is InChI=1S/C19H19N5/c1-13(2)10-21-18-19-22-12-17(14-6-5-9-20-11-14)24(19)16-8-4-3-7-15(16)23-18/h3-9,11-13H,10H2,1-2H3,(H,21,23). The molecule has 3 aromatic heterocycles. The van der Waals surface area contributed by atoms with Crippen LogP contribution in [-0.4, -0.2) is 25.9 Å². The van der Waals surface area contributed by atoms with E-state index in [0.717, 1.165) is 40.3 Å². The molecule has 3 heterocycles. The van der Waals surface area contributed by atoms with Crippen molar-refractivity contribution in [3.05, 3.63) is 55.0 Å². The van der Waals surface area contributed by atoms with E-state index in [2.05, 4.69) is 39.6 Å². The van der Waals surface area contributed by atoms with Gasteiger partial charge < -0.3 is 5.32 Å². The zero-order chi connectivity index (χ0) is 16.5. The van der Waals surface area contributed by atoms with E-state index in [1.165, 1.54) is 0 Å². The van der Waals surface area contributed by atoms with Gasteiger partial charge in [0.15, 0.2) is 11.5 Å². The van der Waals surface area contributed by atoms with Gasteiger partial charge in [-0.25, -0.2) is 9.97 Å². The summed E-state index contributed by atoms with van der Waals surface area (Å²) in [6.07, 6.45) is 5.53. The van der Waals surface area contributed by atoms with Crippen molar-refractivity contribution in [2.45, 2.75) is 13.8 Å². The largest absolute Gasteiger partial charge is 0.367 e. The normalized spacial score (nSPS) is 11.5. The summed E-state index contributed by atoms with van der Waals surface area (Å²) in [6.45, 7) is 5.21. The maximum Gasteiger partial charge on any atom is 0.181 e. The molecule has 0 saturated carbocycles. The van der Waals surface area contributed by atoms with Crippen molar-refractivity contribution < 1.29 is 0 Å². The topological polar surface area (TPSA) is 55.1 Å². The number of para-hydroxylation sites is 2. The van der Waals surface area contributed by atoms with Crippen molar-refractivity contribution in [1.29, 1.82) is 0 Å². The average molecular weight is 317 g/mol. The smallest absolute Gasteiger partial charge is 0.181 e. The second kappa shape index (κ2) is 5.92. The predicted octanol–water partition coefficient (Wildman–Crippen LogP) is 4.01. The number of imidazole rings is 1. The maximum atomic E-state index is 4.77. The Morgan fingerprint density at radius 1 is 1.08 bits per heavy atom. The molecule has 4 aromatic rings. The fourth-order valence-electron chi connectivity index (χ4n) is 2.82. The Labute approximate surface area is 140 Å². The number of fused-ring (bicyclic) bond motifs is 3. The van der Waals surface area contributed by atoms with Gasteiger partial charge in [-0.2, -0.15) is 0 Å². The van der Waals surface area contributed by atoms with Crippen molar-refractivity contribution in [2.75, 3.05) is 11.9 Å². The molecule has 1 aromatic carbocycles. The Morgan fingerprint density at radius 3 is 2.75 bits per heavy atom. The minimum atomic E-state index is 0.533. The van der Waals surface area contributed by atoms with Crippen LogP contribution in [0.5, 0.6) is 0 Å². The van der Waals surface area contributed by atoms with Crippen LogP contribution in [-0.2, 0) is 0 Å². The van der Waals surface area contributed by atoms with Crippen molar-refractivity contribution in [2.24, 2.45) is 5.92 Å². The molecule has 0 bridgehead atoms. The van der Waals surface area contributed by atoms with E-state index in [-0.39, 0.29) is 0 Å². The molecule has 0 spiro atoms. The molecule has 120 valence electrons. The first kappa shape index (κ1) is 14.6. The predicted molar refractivity (Wildman–Crippen MR) is 97.1 cm³/mol. The third-order valence-corrected chi connectivity index (χ3v) is 3.96. The Morgan fingerprint density at radius 2 is 1.96 bits per heavy atom. The third-order valence-electron chi connectivity index (χ3n) is 3.96. The lowest BCUT2D eigenvalue weighted by atomic mass is 10.2. The maximum absolute atomic E-state index is 4.77. The van der Waals surface area contributed by atoms with Gasteiger partial charge in [0.05, 0.1) is 22.9 Å². The lowest BCUT2D eigenvalue weighted by Gasteiger charge is -2.12. The van der Waals surface area contributed by atoms with Crippen LogP contribution in [0, 0.1) is 5.92 Å². The van der Waals surface area contributed by atoms with Crippen LogP contribution in [0.1, 0.15) is 13.8 Å². The highest BCUT2D eigenvalue weighted by Crippen LogP contribution is 2.27. The SMILES string of the molecule is CC(C)CNc1nc2ccccc2n2c(-c3cccnc3)cnc12. The highest BCUT2D eigenvalue weighted by Gasteiger charge is 2.14. The van der Waals surface area contributed by atoms with Crippen LogP contribution < -0.4 is 5.32 Å².